The van der Waals surface area contributed by atoms with Crippen LogP contribution >= 0.6 is 0 Å². The Labute approximate surface area is 125 Å². The van der Waals surface area contributed by atoms with Gasteiger partial charge in [-0.15, -0.1) is 0 Å². The summed E-state index contributed by atoms with van der Waals surface area (Å²) in [5.74, 6) is 0. The summed E-state index contributed by atoms with van der Waals surface area (Å²) >= 11 is 0. The van der Waals surface area contributed by atoms with Gasteiger partial charge in [0.1, 0.15) is 12.2 Å². The summed E-state index contributed by atoms with van der Waals surface area (Å²) < 4.78 is 11.5. The van der Waals surface area contributed by atoms with Gasteiger partial charge in [-0.25, -0.2) is 0 Å². The van der Waals surface area contributed by atoms with Crippen molar-refractivity contribution >= 4 is 0 Å². The van der Waals surface area contributed by atoms with Gasteiger partial charge in [0.15, 0.2) is 0 Å². The Balaban J connectivity index is 1.89. The van der Waals surface area contributed by atoms with Crippen molar-refractivity contribution in [2.75, 3.05) is 20.3 Å². The van der Waals surface area contributed by atoms with Gasteiger partial charge in [0.05, 0.1) is 19.3 Å². The zero-order valence-corrected chi connectivity index (χ0v) is 12.2. The van der Waals surface area contributed by atoms with E-state index in [1.54, 1.807) is 0 Å². The third kappa shape index (κ3) is 3.32. The van der Waals surface area contributed by atoms with Crippen LogP contribution in [-0.2, 0) is 9.47 Å². The van der Waals surface area contributed by atoms with E-state index in [1.165, 1.54) is 11.1 Å². The fraction of sp³-hybridized carbons (Fsp3) is 0.333. The predicted molar refractivity (Wildman–Crippen MR) is 83.1 cm³/mol. The van der Waals surface area contributed by atoms with Crippen molar-refractivity contribution in [2.24, 2.45) is 0 Å². The zero-order valence-electron chi connectivity index (χ0n) is 12.2. The van der Waals surface area contributed by atoms with E-state index in [9.17, 15) is 0 Å². The number of rotatable bonds is 6. The van der Waals surface area contributed by atoms with Crippen LogP contribution in [0.2, 0.25) is 0 Å². The Kier molecular flexibility index (Phi) is 4.65. The Morgan fingerprint density at radius 1 is 0.952 bits per heavy atom. The molecule has 0 aromatic heterocycles. The zero-order chi connectivity index (χ0) is 14.5. The number of nitrogens with one attached hydrogen (secondary N) is 1. The van der Waals surface area contributed by atoms with E-state index in [0.717, 1.165) is 0 Å². The molecule has 0 saturated carbocycles. The average molecular weight is 283 g/mol. The topological polar surface area (TPSA) is 30.5 Å². The van der Waals surface area contributed by atoms with Crippen LogP contribution in [0.25, 0.3) is 0 Å². The molecule has 3 heteroatoms. The maximum absolute atomic E-state index is 6.29. The van der Waals surface area contributed by atoms with E-state index < -0.39 is 0 Å². The highest BCUT2D eigenvalue weighted by molar-refractivity contribution is 5.26. The van der Waals surface area contributed by atoms with Crippen LogP contribution in [0, 0.1) is 0 Å². The summed E-state index contributed by atoms with van der Waals surface area (Å²) in [5.41, 5.74) is 2.42. The molecule has 2 aromatic carbocycles. The van der Waals surface area contributed by atoms with Crippen LogP contribution in [-0.4, -0.2) is 26.4 Å². The largest absolute Gasteiger partial charge is 0.376 e. The van der Waals surface area contributed by atoms with Crippen LogP contribution < -0.4 is 5.32 Å². The smallest absolute Gasteiger partial charge is 0.105 e. The lowest BCUT2D eigenvalue weighted by atomic mass is 9.95. The number of benzene rings is 2. The lowest BCUT2D eigenvalue weighted by Crippen LogP contribution is -2.39. The number of hydrogen-bond acceptors (Lipinski definition) is 3. The second-order valence-electron chi connectivity index (χ2n) is 5.30. The molecule has 0 bridgehead atoms. The minimum absolute atomic E-state index is 0.0208. The van der Waals surface area contributed by atoms with Gasteiger partial charge >= 0.3 is 0 Å². The van der Waals surface area contributed by atoms with Crippen LogP contribution in [0.15, 0.2) is 60.7 Å². The van der Waals surface area contributed by atoms with E-state index in [1.807, 2.05) is 19.2 Å². The van der Waals surface area contributed by atoms with E-state index >= 15 is 0 Å². The molecule has 110 valence electrons. The van der Waals surface area contributed by atoms with Gasteiger partial charge < -0.3 is 14.8 Å². The number of ether oxygens (including phenoxy) is 2. The molecule has 21 heavy (non-hydrogen) atoms. The van der Waals surface area contributed by atoms with E-state index in [0.29, 0.717) is 13.2 Å². The third-order valence-electron chi connectivity index (χ3n) is 3.85. The maximum atomic E-state index is 6.29. The van der Waals surface area contributed by atoms with Crippen molar-refractivity contribution in [3.8, 4) is 0 Å². The SMILES string of the molecule is CNC(c1ccccc1)C(OC1COC1)c1ccccc1. The van der Waals surface area contributed by atoms with Crippen LogP contribution in [0.4, 0.5) is 0 Å². The van der Waals surface area contributed by atoms with Crippen molar-refractivity contribution < 1.29 is 9.47 Å². The highest BCUT2D eigenvalue weighted by atomic mass is 16.6. The van der Waals surface area contributed by atoms with Gasteiger partial charge in [0.2, 0.25) is 0 Å². The maximum Gasteiger partial charge on any atom is 0.105 e. The highest BCUT2D eigenvalue weighted by Gasteiger charge is 2.30. The molecule has 1 aliphatic heterocycles. The van der Waals surface area contributed by atoms with Crippen molar-refractivity contribution in [1.82, 2.24) is 5.32 Å². The van der Waals surface area contributed by atoms with E-state index in [-0.39, 0.29) is 18.2 Å². The van der Waals surface area contributed by atoms with Crippen molar-refractivity contribution in [1.29, 1.82) is 0 Å². The lowest BCUT2D eigenvalue weighted by Gasteiger charge is -2.35. The molecular weight excluding hydrogens is 262 g/mol. The standard InChI is InChI=1S/C18H21NO2/c1-19-17(14-8-4-2-5-9-14)18(21-16-12-20-13-16)15-10-6-3-7-11-15/h2-11,16-19H,12-13H2,1H3. The molecule has 1 fully saturated rings. The number of hydrogen-bond donors (Lipinski definition) is 1. The van der Waals surface area contributed by atoms with Gasteiger partial charge in [-0.2, -0.15) is 0 Å². The molecular formula is C18H21NO2. The fourth-order valence-electron chi connectivity index (χ4n) is 2.65. The minimum atomic E-state index is -0.0208. The molecule has 0 radical (unpaired) electrons. The van der Waals surface area contributed by atoms with Crippen LogP contribution in [0.1, 0.15) is 23.3 Å². The molecule has 3 rings (SSSR count). The number of likely N-dealkylation sites (N-methyl/N-ethyl adjacent to an activating group) is 1. The van der Waals surface area contributed by atoms with Gasteiger partial charge in [-0.05, 0) is 18.2 Å². The van der Waals surface area contributed by atoms with E-state index in [4.69, 9.17) is 9.47 Å². The van der Waals surface area contributed by atoms with Crippen molar-refractivity contribution in [3.05, 3.63) is 71.8 Å². The Hall–Kier alpha value is -1.68. The molecule has 0 aliphatic carbocycles. The lowest BCUT2D eigenvalue weighted by molar-refractivity contribution is -0.162. The summed E-state index contributed by atoms with van der Waals surface area (Å²) in [6, 6.07) is 20.9. The fourth-order valence-corrected chi connectivity index (χ4v) is 2.65. The Bertz CT molecular complexity index is 540. The Morgan fingerprint density at radius 2 is 1.52 bits per heavy atom. The summed E-state index contributed by atoms with van der Waals surface area (Å²) in [5, 5.41) is 3.40. The van der Waals surface area contributed by atoms with Gasteiger partial charge in [0.25, 0.3) is 0 Å². The summed E-state index contributed by atoms with van der Waals surface area (Å²) in [7, 11) is 1.98. The second-order valence-corrected chi connectivity index (χ2v) is 5.30. The third-order valence-corrected chi connectivity index (χ3v) is 3.85. The molecule has 1 N–H and O–H groups in total. The first-order valence-corrected chi connectivity index (χ1v) is 7.39. The molecule has 3 nitrogen and oxygen atoms in total. The molecule has 1 aliphatic rings. The molecule has 0 spiro atoms. The molecule has 0 amide bonds. The molecule has 2 atom stereocenters. The van der Waals surface area contributed by atoms with Crippen molar-refractivity contribution in [2.45, 2.75) is 18.2 Å². The van der Waals surface area contributed by atoms with Crippen molar-refractivity contribution in [3.63, 3.8) is 0 Å². The first-order valence-electron chi connectivity index (χ1n) is 7.39. The molecule has 1 saturated heterocycles. The van der Waals surface area contributed by atoms with Gasteiger partial charge in [-0.3, -0.25) is 0 Å². The summed E-state index contributed by atoms with van der Waals surface area (Å²) in [4.78, 5) is 0. The van der Waals surface area contributed by atoms with E-state index in [2.05, 4.69) is 53.8 Å². The minimum Gasteiger partial charge on any atom is -0.376 e. The van der Waals surface area contributed by atoms with Gasteiger partial charge in [-0.1, -0.05) is 60.7 Å². The molecule has 1 heterocycles. The highest BCUT2D eigenvalue weighted by Crippen LogP contribution is 2.33. The van der Waals surface area contributed by atoms with Gasteiger partial charge in [0, 0.05) is 0 Å². The first kappa shape index (κ1) is 14.3. The first-order chi connectivity index (χ1) is 10.4. The average Bonchev–Trinajstić information content (AvgIpc) is 2.51. The molecule has 2 unspecified atom stereocenters. The second kappa shape index (κ2) is 6.85. The predicted octanol–water partition coefficient (Wildman–Crippen LogP) is 3.10. The monoisotopic (exact) mass is 283 g/mol. The van der Waals surface area contributed by atoms with Crippen LogP contribution in [0.3, 0.4) is 0 Å². The normalized spacial score (nSPS) is 18.0. The quantitative estimate of drug-likeness (QED) is 0.883. The Morgan fingerprint density at radius 3 is 2.00 bits per heavy atom. The molecule has 2 aromatic rings. The summed E-state index contributed by atoms with van der Waals surface area (Å²) in [6.07, 6.45) is 0.169. The van der Waals surface area contributed by atoms with Crippen LogP contribution in [0.5, 0.6) is 0 Å². The summed E-state index contributed by atoms with van der Waals surface area (Å²) in [6.45, 7) is 1.38.